The van der Waals surface area contributed by atoms with Crippen LogP contribution in [0.3, 0.4) is 0 Å². The van der Waals surface area contributed by atoms with Crippen LogP contribution < -0.4 is 9.80 Å². The molecule has 30 heavy (non-hydrogen) atoms. The summed E-state index contributed by atoms with van der Waals surface area (Å²) in [5.74, 6) is -0.204. The van der Waals surface area contributed by atoms with Crippen molar-refractivity contribution in [3.8, 4) is 0 Å². The van der Waals surface area contributed by atoms with Gasteiger partial charge in [-0.1, -0.05) is 17.7 Å². The summed E-state index contributed by atoms with van der Waals surface area (Å²) in [6.45, 7) is 3.02. The maximum absolute atomic E-state index is 13.7. The van der Waals surface area contributed by atoms with Gasteiger partial charge in [0.15, 0.2) is 0 Å². The smallest absolute Gasteiger partial charge is 0.123 e. The fourth-order valence-electron chi connectivity index (χ4n) is 4.99. The fourth-order valence-corrected chi connectivity index (χ4v) is 4.99. The van der Waals surface area contributed by atoms with Gasteiger partial charge in [-0.3, -0.25) is 5.10 Å². The van der Waals surface area contributed by atoms with Crippen LogP contribution in [0.15, 0.2) is 66.9 Å². The van der Waals surface area contributed by atoms with E-state index in [4.69, 9.17) is 0 Å². The Morgan fingerprint density at radius 3 is 2.37 bits per heavy atom. The number of hydrogen-bond donors (Lipinski definition) is 1. The number of nitrogens with zero attached hydrogens (tertiary/aromatic N) is 3. The van der Waals surface area contributed by atoms with Gasteiger partial charge in [0.2, 0.25) is 0 Å². The average molecular weight is 398 g/mol. The molecule has 1 N–H and O–H groups in total. The van der Waals surface area contributed by atoms with Crippen LogP contribution in [0, 0.1) is 12.7 Å². The summed E-state index contributed by atoms with van der Waals surface area (Å²) in [5.41, 5.74) is 6.84. The number of fused-ring (bicyclic) bond motifs is 2. The van der Waals surface area contributed by atoms with Crippen LogP contribution in [0.4, 0.5) is 27.1 Å². The molecule has 1 saturated carbocycles. The van der Waals surface area contributed by atoms with Crippen molar-refractivity contribution >= 4 is 33.7 Å². The molecule has 1 aromatic heterocycles. The number of H-pyrrole nitrogens is 1. The van der Waals surface area contributed by atoms with E-state index in [0.29, 0.717) is 0 Å². The second kappa shape index (κ2) is 6.33. The zero-order valence-corrected chi connectivity index (χ0v) is 16.9. The molecule has 0 bridgehead atoms. The Balaban J connectivity index is 1.59. The maximum atomic E-state index is 13.7. The van der Waals surface area contributed by atoms with Crippen LogP contribution in [0.1, 0.15) is 24.8 Å². The van der Waals surface area contributed by atoms with Gasteiger partial charge in [0.05, 0.1) is 28.6 Å². The zero-order chi connectivity index (χ0) is 20.3. The second-order valence-electron chi connectivity index (χ2n) is 8.61. The van der Waals surface area contributed by atoms with Crippen LogP contribution in [0.2, 0.25) is 0 Å². The summed E-state index contributed by atoms with van der Waals surface area (Å²) in [4.78, 5) is 4.89. The van der Waals surface area contributed by atoms with Crippen LogP contribution in [-0.4, -0.2) is 22.3 Å². The van der Waals surface area contributed by atoms with Gasteiger partial charge in [-0.05, 0) is 74.7 Å². The minimum Gasteiger partial charge on any atom is -0.337 e. The summed E-state index contributed by atoms with van der Waals surface area (Å²) in [7, 11) is 0. The third-order valence-electron chi connectivity index (χ3n) is 6.71. The summed E-state index contributed by atoms with van der Waals surface area (Å²) < 4.78 is 13.7. The van der Waals surface area contributed by atoms with E-state index in [9.17, 15) is 4.39 Å². The highest BCUT2D eigenvalue weighted by Crippen LogP contribution is 2.54. The van der Waals surface area contributed by atoms with Gasteiger partial charge in [0, 0.05) is 23.3 Å². The van der Waals surface area contributed by atoms with Gasteiger partial charge in [-0.25, -0.2) is 4.39 Å². The van der Waals surface area contributed by atoms with E-state index in [1.54, 1.807) is 12.1 Å². The van der Waals surface area contributed by atoms with E-state index in [0.717, 1.165) is 47.4 Å². The van der Waals surface area contributed by atoms with E-state index < -0.39 is 0 Å². The first-order valence-corrected chi connectivity index (χ1v) is 10.5. The molecular weight excluding hydrogens is 375 g/mol. The van der Waals surface area contributed by atoms with E-state index in [1.165, 1.54) is 17.7 Å². The molecule has 0 radical (unpaired) electrons. The lowest BCUT2D eigenvalue weighted by atomic mass is 9.72. The zero-order valence-electron chi connectivity index (χ0n) is 16.9. The van der Waals surface area contributed by atoms with Crippen LogP contribution in [0.5, 0.6) is 0 Å². The Bertz CT molecular complexity index is 1220. The topological polar surface area (TPSA) is 35.2 Å². The summed E-state index contributed by atoms with van der Waals surface area (Å²) in [5, 5.41) is 8.45. The molecule has 0 amide bonds. The average Bonchev–Trinajstić information content (AvgIpc) is 3.19. The first-order chi connectivity index (χ1) is 14.6. The van der Waals surface area contributed by atoms with Gasteiger partial charge in [-0.15, -0.1) is 0 Å². The molecular formula is C25H23FN4. The van der Waals surface area contributed by atoms with Crippen molar-refractivity contribution in [2.45, 2.75) is 31.7 Å². The molecule has 3 aromatic carbocycles. The predicted molar refractivity (Wildman–Crippen MR) is 119 cm³/mol. The van der Waals surface area contributed by atoms with Gasteiger partial charge >= 0.3 is 0 Å². The fraction of sp³-hybridized carbons (Fsp3) is 0.240. The molecule has 4 aromatic rings. The third kappa shape index (κ3) is 2.54. The Hall–Kier alpha value is -3.34. The summed E-state index contributed by atoms with van der Waals surface area (Å²) >= 11 is 0. The highest BCUT2D eigenvalue weighted by atomic mass is 19.1. The van der Waals surface area contributed by atoms with E-state index in [2.05, 4.69) is 63.3 Å². The summed E-state index contributed by atoms with van der Waals surface area (Å²) in [6, 6.07) is 20.1. The van der Waals surface area contributed by atoms with Crippen LogP contribution >= 0.6 is 0 Å². The molecule has 6 rings (SSSR count). The van der Waals surface area contributed by atoms with Gasteiger partial charge in [-0.2, -0.15) is 5.10 Å². The van der Waals surface area contributed by atoms with E-state index >= 15 is 0 Å². The first kappa shape index (κ1) is 17.5. The number of rotatable bonds is 2. The number of nitrogens with one attached hydrogen (secondary N) is 1. The Labute approximate surface area is 174 Å². The molecule has 1 aliphatic heterocycles. The Morgan fingerprint density at radius 1 is 0.933 bits per heavy atom. The molecule has 1 spiro atoms. The van der Waals surface area contributed by atoms with Crippen molar-refractivity contribution in [2.75, 3.05) is 16.3 Å². The molecule has 5 heteroatoms. The normalized spacial score (nSPS) is 17.3. The predicted octanol–water partition coefficient (Wildman–Crippen LogP) is 6.22. The Kier molecular flexibility index (Phi) is 3.69. The highest BCUT2D eigenvalue weighted by molar-refractivity contribution is 5.95. The van der Waals surface area contributed by atoms with Gasteiger partial charge < -0.3 is 9.80 Å². The first-order valence-electron chi connectivity index (χ1n) is 10.5. The SMILES string of the molecule is Cc1ccc(N2CC3(CCC3)N(c3ccc(F)cc3)c3cc4cn[nH]c4cc32)cc1. The maximum Gasteiger partial charge on any atom is 0.123 e. The van der Waals surface area contributed by atoms with Crippen LogP contribution in [-0.2, 0) is 0 Å². The number of aromatic amines is 1. The molecule has 1 aliphatic carbocycles. The van der Waals surface area contributed by atoms with Crippen molar-refractivity contribution in [1.29, 1.82) is 0 Å². The molecule has 2 heterocycles. The monoisotopic (exact) mass is 398 g/mol. The molecule has 0 atom stereocenters. The molecule has 150 valence electrons. The second-order valence-corrected chi connectivity index (χ2v) is 8.61. The van der Waals surface area contributed by atoms with Crippen LogP contribution in [0.25, 0.3) is 10.9 Å². The van der Waals surface area contributed by atoms with Gasteiger partial charge in [0.1, 0.15) is 5.82 Å². The largest absolute Gasteiger partial charge is 0.337 e. The lowest BCUT2D eigenvalue weighted by molar-refractivity contribution is 0.249. The minimum absolute atomic E-state index is 0.00707. The standard InChI is InChI=1S/C25H23FN4/c1-17-3-7-20(8-4-17)29-16-25(11-2-12-25)30(21-9-5-19(26)6-10-21)24-13-18-15-27-28-22(18)14-23(24)29/h3-10,13-15H,2,11-12,16H2,1H3,(H,27,28). The van der Waals surface area contributed by atoms with E-state index in [-0.39, 0.29) is 11.4 Å². The quantitative estimate of drug-likeness (QED) is 0.435. The number of hydrogen-bond acceptors (Lipinski definition) is 3. The molecule has 0 unspecified atom stereocenters. The van der Waals surface area contributed by atoms with Crippen molar-refractivity contribution in [2.24, 2.45) is 0 Å². The molecule has 0 saturated heterocycles. The van der Waals surface area contributed by atoms with Crippen molar-refractivity contribution < 1.29 is 4.39 Å². The van der Waals surface area contributed by atoms with E-state index in [1.807, 2.05) is 18.3 Å². The highest BCUT2D eigenvalue weighted by Gasteiger charge is 2.49. The molecule has 4 nitrogen and oxygen atoms in total. The Morgan fingerprint density at radius 2 is 1.67 bits per heavy atom. The lowest BCUT2D eigenvalue weighted by Crippen LogP contribution is -2.60. The number of aryl methyl sites for hydroxylation is 1. The molecule has 2 aliphatic rings. The third-order valence-corrected chi connectivity index (χ3v) is 6.71. The summed E-state index contributed by atoms with van der Waals surface area (Å²) in [6.07, 6.45) is 5.32. The van der Waals surface area contributed by atoms with Crippen molar-refractivity contribution in [1.82, 2.24) is 10.2 Å². The van der Waals surface area contributed by atoms with Gasteiger partial charge in [0.25, 0.3) is 0 Å². The lowest BCUT2D eigenvalue weighted by Gasteiger charge is -2.57. The molecule has 1 fully saturated rings. The van der Waals surface area contributed by atoms with Crippen molar-refractivity contribution in [3.05, 3.63) is 78.2 Å². The minimum atomic E-state index is -0.204. The number of benzene rings is 3. The number of halogens is 1. The van der Waals surface area contributed by atoms with Crippen molar-refractivity contribution in [3.63, 3.8) is 0 Å². The number of aromatic nitrogens is 2. The number of anilines is 4.